The monoisotopic (exact) mass is 177 g/mol. The van der Waals surface area contributed by atoms with Crippen molar-refractivity contribution in [1.29, 1.82) is 0 Å². The molecule has 3 heteroatoms. The Balaban J connectivity index is 2.62. The summed E-state index contributed by atoms with van der Waals surface area (Å²) in [6.45, 7) is 5.83. The summed E-state index contributed by atoms with van der Waals surface area (Å²) in [4.78, 5) is 3.95. The summed E-state index contributed by atoms with van der Waals surface area (Å²) in [5.41, 5.74) is 4.98. The van der Waals surface area contributed by atoms with E-state index in [1.165, 1.54) is 5.56 Å². The van der Waals surface area contributed by atoms with E-state index in [1.807, 2.05) is 19.1 Å². The van der Waals surface area contributed by atoms with Crippen molar-refractivity contribution in [2.24, 2.45) is 5.84 Å². The van der Waals surface area contributed by atoms with Crippen LogP contribution < -0.4 is 11.3 Å². The van der Waals surface area contributed by atoms with Crippen LogP contribution in [0.25, 0.3) is 0 Å². The van der Waals surface area contributed by atoms with Crippen molar-refractivity contribution in [3.05, 3.63) is 42.2 Å². The first-order valence-electron chi connectivity index (χ1n) is 4.24. The van der Waals surface area contributed by atoms with Crippen molar-refractivity contribution < 1.29 is 0 Å². The van der Waals surface area contributed by atoms with Crippen molar-refractivity contribution in [2.45, 2.75) is 19.4 Å². The molecule has 0 spiro atoms. The van der Waals surface area contributed by atoms with Crippen LogP contribution in [0, 0.1) is 0 Å². The fourth-order valence-corrected chi connectivity index (χ4v) is 1.13. The Morgan fingerprint density at radius 2 is 2.23 bits per heavy atom. The molecule has 1 atom stereocenters. The number of aromatic nitrogens is 1. The Kier molecular flexibility index (Phi) is 3.61. The number of nitrogens with two attached hydrogens (primary N) is 1. The van der Waals surface area contributed by atoms with Crippen LogP contribution in [0.4, 0.5) is 0 Å². The molecule has 3 N–H and O–H groups in total. The van der Waals surface area contributed by atoms with E-state index in [1.54, 1.807) is 12.4 Å². The average molecular weight is 177 g/mol. The fourth-order valence-electron chi connectivity index (χ4n) is 1.13. The van der Waals surface area contributed by atoms with Gasteiger partial charge in [0.1, 0.15) is 0 Å². The molecule has 0 aliphatic carbocycles. The smallest absolute Gasteiger partial charge is 0.0454 e. The van der Waals surface area contributed by atoms with Gasteiger partial charge in [-0.15, -0.1) is 0 Å². The Hall–Kier alpha value is -1.19. The number of hydrogen-bond acceptors (Lipinski definition) is 3. The summed E-state index contributed by atoms with van der Waals surface area (Å²) >= 11 is 0. The second-order valence-corrected chi connectivity index (χ2v) is 3.13. The van der Waals surface area contributed by atoms with Gasteiger partial charge in [0.15, 0.2) is 0 Å². The van der Waals surface area contributed by atoms with E-state index < -0.39 is 0 Å². The lowest BCUT2D eigenvalue weighted by Crippen LogP contribution is -2.37. The van der Waals surface area contributed by atoms with E-state index in [-0.39, 0.29) is 6.04 Å². The van der Waals surface area contributed by atoms with E-state index in [0.29, 0.717) is 0 Å². The Morgan fingerprint density at radius 1 is 1.62 bits per heavy atom. The number of nitrogens with zero attached hydrogens (tertiary/aromatic N) is 1. The average Bonchev–Trinajstić information content (AvgIpc) is 2.15. The maximum atomic E-state index is 5.40. The van der Waals surface area contributed by atoms with Gasteiger partial charge in [0.05, 0.1) is 0 Å². The zero-order chi connectivity index (χ0) is 9.68. The van der Waals surface area contributed by atoms with Gasteiger partial charge in [-0.25, -0.2) is 0 Å². The number of hydrazine groups is 1. The molecule has 3 nitrogen and oxygen atoms in total. The summed E-state index contributed by atoms with van der Waals surface area (Å²) < 4.78 is 0. The molecular weight excluding hydrogens is 162 g/mol. The quantitative estimate of drug-likeness (QED) is 0.410. The van der Waals surface area contributed by atoms with Crippen LogP contribution in [0.2, 0.25) is 0 Å². The molecule has 70 valence electrons. The molecule has 0 amide bonds. The summed E-state index contributed by atoms with van der Waals surface area (Å²) in [7, 11) is 0. The highest BCUT2D eigenvalue weighted by atomic mass is 15.2. The van der Waals surface area contributed by atoms with Crippen molar-refractivity contribution in [3.63, 3.8) is 0 Å². The van der Waals surface area contributed by atoms with E-state index in [4.69, 9.17) is 5.84 Å². The topological polar surface area (TPSA) is 50.9 Å². The zero-order valence-electron chi connectivity index (χ0n) is 7.83. The third kappa shape index (κ3) is 2.97. The molecule has 0 radical (unpaired) electrons. The van der Waals surface area contributed by atoms with E-state index in [2.05, 4.69) is 17.0 Å². The predicted octanol–water partition coefficient (Wildman–Crippen LogP) is 1.03. The Labute approximate surface area is 78.6 Å². The maximum absolute atomic E-state index is 5.40. The van der Waals surface area contributed by atoms with Gasteiger partial charge in [-0.05, 0) is 31.0 Å². The summed E-state index contributed by atoms with van der Waals surface area (Å²) in [5.74, 6) is 5.40. The molecule has 0 aliphatic rings. The summed E-state index contributed by atoms with van der Waals surface area (Å²) in [6.07, 6.45) is 4.41. The highest BCUT2D eigenvalue weighted by molar-refractivity contribution is 5.15. The summed E-state index contributed by atoms with van der Waals surface area (Å²) in [6, 6.07) is 4.10. The van der Waals surface area contributed by atoms with Crippen LogP contribution in [0.3, 0.4) is 0 Å². The Morgan fingerprint density at radius 3 is 2.69 bits per heavy atom. The van der Waals surface area contributed by atoms with Crippen molar-refractivity contribution in [2.75, 3.05) is 0 Å². The molecule has 0 aromatic carbocycles. The van der Waals surface area contributed by atoms with Crippen LogP contribution in [-0.2, 0) is 6.42 Å². The third-order valence-corrected chi connectivity index (χ3v) is 1.99. The largest absolute Gasteiger partial charge is 0.271 e. The molecule has 0 saturated carbocycles. The standard InChI is InChI=1S/C10H15N3/c1-8(2)10(13-11)7-9-3-5-12-6-4-9/h3-6,10,13H,1,7,11H2,2H3. The number of nitrogens with one attached hydrogen (secondary N) is 1. The minimum Gasteiger partial charge on any atom is -0.271 e. The van der Waals surface area contributed by atoms with E-state index in [9.17, 15) is 0 Å². The number of pyridine rings is 1. The van der Waals surface area contributed by atoms with Crippen LogP contribution in [-0.4, -0.2) is 11.0 Å². The van der Waals surface area contributed by atoms with Gasteiger partial charge in [-0.3, -0.25) is 16.3 Å². The first-order valence-corrected chi connectivity index (χ1v) is 4.24. The van der Waals surface area contributed by atoms with Crippen LogP contribution in [0.5, 0.6) is 0 Å². The van der Waals surface area contributed by atoms with E-state index in [0.717, 1.165) is 12.0 Å². The lowest BCUT2D eigenvalue weighted by molar-refractivity contribution is 0.591. The van der Waals surface area contributed by atoms with Gasteiger partial charge in [0, 0.05) is 18.4 Å². The maximum Gasteiger partial charge on any atom is 0.0454 e. The lowest BCUT2D eigenvalue weighted by atomic mass is 10.0. The zero-order valence-corrected chi connectivity index (χ0v) is 7.83. The minimum atomic E-state index is 0.141. The molecule has 13 heavy (non-hydrogen) atoms. The Bertz CT molecular complexity index is 269. The second kappa shape index (κ2) is 4.74. The molecule has 0 bridgehead atoms. The van der Waals surface area contributed by atoms with Gasteiger partial charge in [0.25, 0.3) is 0 Å². The molecule has 1 rings (SSSR count). The fraction of sp³-hybridized carbons (Fsp3) is 0.300. The SMILES string of the molecule is C=C(C)C(Cc1ccncc1)NN. The third-order valence-electron chi connectivity index (χ3n) is 1.99. The van der Waals surface area contributed by atoms with Gasteiger partial charge in [-0.2, -0.15) is 0 Å². The van der Waals surface area contributed by atoms with Crippen molar-refractivity contribution >= 4 is 0 Å². The number of rotatable bonds is 4. The highest BCUT2D eigenvalue weighted by Gasteiger charge is 2.07. The molecule has 1 aromatic rings. The first-order chi connectivity index (χ1) is 6.24. The molecule has 1 heterocycles. The lowest BCUT2D eigenvalue weighted by Gasteiger charge is -2.15. The molecule has 1 unspecified atom stereocenters. The number of hydrogen-bond donors (Lipinski definition) is 2. The first kappa shape index (κ1) is 9.89. The van der Waals surface area contributed by atoms with Gasteiger partial charge >= 0.3 is 0 Å². The van der Waals surface area contributed by atoms with Crippen LogP contribution in [0.15, 0.2) is 36.7 Å². The van der Waals surface area contributed by atoms with Gasteiger partial charge < -0.3 is 0 Å². The minimum absolute atomic E-state index is 0.141. The second-order valence-electron chi connectivity index (χ2n) is 3.13. The van der Waals surface area contributed by atoms with Crippen molar-refractivity contribution in [1.82, 2.24) is 10.4 Å². The van der Waals surface area contributed by atoms with Crippen LogP contribution in [0.1, 0.15) is 12.5 Å². The molecular formula is C10H15N3. The highest BCUT2D eigenvalue weighted by Crippen LogP contribution is 2.06. The van der Waals surface area contributed by atoms with E-state index >= 15 is 0 Å². The molecule has 0 saturated heterocycles. The predicted molar refractivity (Wildman–Crippen MR) is 53.9 cm³/mol. The molecule has 0 aliphatic heterocycles. The molecule has 0 fully saturated rings. The van der Waals surface area contributed by atoms with Crippen molar-refractivity contribution in [3.8, 4) is 0 Å². The van der Waals surface area contributed by atoms with Gasteiger partial charge in [-0.1, -0.05) is 12.2 Å². The normalized spacial score (nSPS) is 12.5. The van der Waals surface area contributed by atoms with Gasteiger partial charge in [0.2, 0.25) is 0 Å². The van der Waals surface area contributed by atoms with Crippen LogP contribution >= 0.6 is 0 Å². The molecule has 1 aromatic heterocycles. The summed E-state index contributed by atoms with van der Waals surface area (Å²) in [5, 5.41) is 0.